The van der Waals surface area contributed by atoms with Crippen LogP contribution in [-0.4, -0.2) is 24.3 Å². The summed E-state index contributed by atoms with van der Waals surface area (Å²) in [6, 6.07) is 10.0. The first-order valence-electron chi connectivity index (χ1n) is 5.70. The number of hydrogen-bond donors (Lipinski definition) is 1. The molecular weight excluding hydrogens is 216 g/mol. The SMILES string of the molecule is NCc1cc2ccccc2c(OC2COC2)n1. The lowest BCUT2D eigenvalue weighted by Crippen LogP contribution is -2.38. The summed E-state index contributed by atoms with van der Waals surface area (Å²) in [4.78, 5) is 4.44. The zero-order valence-electron chi connectivity index (χ0n) is 9.43. The minimum Gasteiger partial charge on any atom is -0.469 e. The van der Waals surface area contributed by atoms with Crippen LogP contribution in [0.2, 0.25) is 0 Å². The quantitative estimate of drug-likeness (QED) is 0.867. The molecule has 0 saturated carbocycles. The normalized spacial score (nSPS) is 15.8. The van der Waals surface area contributed by atoms with Gasteiger partial charge in [-0.1, -0.05) is 18.2 Å². The number of ether oxygens (including phenoxy) is 2. The molecule has 0 atom stereocenters. The molecule has 0 amide bonds. The molecule has 3 rings (SSSR count). The van der Waals surface area contributed by atoms with Crippen LogP contribution in [0.5, 0.6) is 5.88 Å². The van der Waals surface area contributed by atoms with Gasteiger partial charge in [0.15, 0.2) is 0 Å². The molecular formula is C13H14N2O2. The topological polar surface area (TPSA) is 57.4 Å². The van der Waals surface area contributed by atoms with E-state index in [1.165, 1.54) is 0 Å². The lowest BCUT2D eigenvalue weighted by molar-refractivity contribution is -0.0807. The summed E-state index contributed by atoms with van der Waals surface area (Å²) in [5, 5.41) is 2.13. The second-order valence-electron chi connectivity index (χ2n) is 4.12. The summed E-state index contributed by atoms with van der Waals surface area (Å²) in [7, 11) is 0. The zero-order valence-corrected chi connectivity index (χ0v) is 9.43. The molecule has 88 valence electrons. The number of pyridine rings is 1. The van der Waals surface area contributed by atoms with Gasteiger partial charge < -0.3 is 15.2 Å². The molecule has 1 aliphatic rings. The summed E-state index contributed by atoms with van der Waals surface area (Å²) in [5.41, 5.74) is 6.49. The molecule has 0 aliphatic carbocycles. The van der Waals surface area contributed by atoms with Crippen molar-refractivity contribution in [1.29, 1.82) is 0 Å². The summed E-state index contributed by atoms with van der Waals surface area (Å²) in [5.74, 6) is 0.664. The number of rotatable bonds is 3. The molecule has 1 aromatic heterocycles. The minimum atomic E-state index is 0.124. The fourth-order valence-corrected chi connectivity index (χ4v) is 1.85. The monoisotopic (exact) mass is 230 g/mol. The molecule has 0 spiro atoms. The highest BCUT2D eigenvalue weighted by Gasteiger charge is 2.21. The van der Waals surface area contributed by atoms with E-state index in [-0.39, 0.29) is 6.10 Å². The van der Waals surface area contributed by atoms with E-state index in [0.29, 0.717) is 25.6 Å². The maximum atomic E-state index is 5.81. The van der Waals surface area contributed by atoms with Crippen molar-refractivity contribution >= 4 is 10.8 Å². The average molecular weight is 230 g/mol. The van der Waals surface area contributed by atoms with Gasteiger partial charge in [0, 0.05) is 11.9 Å². The van der Waals surface area contributed by atoms with E-state index in [0.717, 1.165) is 16.5 Å². The van der Waals surface area contributed by atoms with E-state index in [1.807, 2.05) is 30.3 Å². The molecule has 0 unspecified atom stereocenters. The molecule has 1 aromatic carbocycles. The van der Waals surface area contributed by atoms with Crippen LogP contribution in [0.15, 0.2) is 30.3 Å². The van der Waals surface area contributed by atoms with Crippen molar-refractivity contribution in [2.24, 2.45) is 5.73 Å². The van der Waals surface area contributed by atoms with Crippen molar-refractivity contribution in [1.82, 2.24) is 4.98 Å². The van der Waals surface area contributed by atoms with Crippen LogP contribution >= 0.6 is 0 Å². The second kappa shape index (κ2) is 4.31. The van der Waals surface area contributed by atoms with Crippen molar-refractivity contribution < 1.29 is 9.47 Å². The zero-order chi connectivity index (χ0) is 11.7. The number of nitrogens with two attached hydrogens (primary N) is 1. The molecule has 4 heteroatoms. The molecule has 1 fully saturated rings. The summed E-state index contributed by atoms with van der Waals surface area (Å²) in [6.07, 6.45) is 0.124. The van der Waals surface area contributed by atoms with Gasteiger partial charge in [-0.15, -0.1) is 0 Å². The van der Waals surface area contributed by atoms with E-state index in [4.69, 9.17) is 15.2 Å². The first-order valence-corrected chi connectivity index (χ1v) is 5.70. The van der Waals surface area contributed by atoms with Gasteiger partial charge in [-0.05, 0) is 17.5 Å². The predicted octanol–water partition coefficient (Wildman–Crippen LogP) is 1.47. The molecule has 17 heavy (non-hydrogen) atoms. The maximum absolute atomic E-state index is 5.81. The fraction of sp³-hybridized carbons (Fsp3) is 0.308. The van der Waals surface area contributed by atoms with Crippen LogP contribution in [0.4, 0.5) is 0 Å². The van der Waals surface area contributed by atoms with Crippen molar-refractivity contribution in [3.05, 3.63) is 36.0 Å². The highest BCUT2D eigenvalue weighted by molar-refractivity contribution is 5.87. The Labute approximate surface area is 99.4 Å². The van der Waals surface area contributed by atoms with E-state index in [1.54, 1.807) is 0 Å². The average Bonchev–Trinajstić information content (AvgIpc) is 2.33. The highest BCUT2D eigenvalue weighted by atomic mass is 16.6. The largest absolute Gasteiger partial charge is 0.469 e. The van der Waals surface area contributed by atoms with Gasteiger partial charge in [-0.25, -0.2) is 4.98 Å². The molecule has 0 bridgehead atoms. The van der Waals surface area contributed by atoms with Crippen molar-refractivity contribution in [3.8, 4) is 5.88 Å². The van der Waals surface area contributed by atoms with E-state index in [9.17, 15) is 0 Å². The van der Waals surface area contributed by atoms with Crippen LogP contribution in [0.25, 0.3) is 10.8 Å². The third-order valence-electron chi connectivity index (χ3n) is 2.85. The molecule has 0 radical (unpaired) electrons. The van der Waals surface area contributed by atoms with Crippen LogP contribution in [-0.2, 0) is 11.3 Å². The van der Waals surface area contributed by atoms with Gasteiger partial charge in [0.1, 0.15) is 6.10 Å². The van der Waals surface area contributed by atoms with Gasteiger partial charge in [0.2, 0.25) is 5.88 Å². The fourth-order valence-electron chi connectivity index (χ4n) is 1.85. The van der Waals surface area contributed by atoms with E-state index in [2.05, 4.69) is 4.98 Å². The molecule has 2 N–H and O–H groups in total. The smallest absolute Gasteiger partial charge is 0.222 e. The minimum absolute atomic E-state index is 0.124. The van der Waals surface area contributed by atoms with Gasteiger partial charge in [0.25, 0.3) is 0 Å². The van der Waals surface area contributed by atoms with E-state index < -0.39 is 0 Å². The second-order valence-corrected chi connectivity index (χ2v) is 4.12. The Morgan fingerprint density at radius 3 is 2.88 bits per heavy atom. The van der Waals surface area contributed by atoms with Gasteiger partial charge in [0.05, 0.1) is 18.9 Å². The first kappa shape index (κ1) is 10.5. The Bertz CT molecular complexity index is 538. The number of fused-ring (bicyclic) bond motifs is 1. The lowest BCUT2D eigenvalue weighted by Gasteiger charge is -2.26. The number of aromatic nitrogens is 1. The third kappa shape index (κ3) is 1.97. The van der Waals surface area contributed by atoms with Crippen LogP contribution < -0.4 is 10.5 Å². The van der Waals surface area contributed by atoms with Crippen molar-refractivity contribution in [2.75, 3.05) is 13.2 Å². The highest BCUT2D eigenvalue weighted by Crippen LogP contribution is 2.26. The predicted molar refractivity (Wildman–Crippen MR) is 64.9 cm³/mol. The molecule has 2 aromatic rings. The van der Waals surface area contributed by atoms with Gasteiger partial charge in [-0.3, -0.25) is 0 Å². The van der Waals surface area contributed by atoms with Gasteiger partial charge in [-0.2, -0.15) is 0 Å². The van der Waals surface area contributed by atoms with E-state index >= 15 is 0 Å². The van der Waals surface area contributed by atoms with Crippen molar-refractivity contribution in [2.45, 2.75) is 12.6 Å². The standard InChI is InChI=1S/C13H14N2O2/c14-6-10-5-9-3-1-2-4-12(9)13(15-10)17-11-7-16-8-11/h1-5,11H,6-8,14H2. The van der Waals surface area contributed by atoms with Crippen LogP contribution in [0.1, 0.15) is 5.69 Å². The Hall–Kier alpha value is -1.65. The maximum Gasteiger partial charge on any atom is 0.222 e. The Balaban J connectivity index is 2.05. The Morgan fingerprint density at radius 1 is 1.35 bits per heavy atom. The summed E-state index contributed by atoms with van der Waals surface area (Å²) >= 11 is 0. The molecule has 2 heterocycles. The van der Waals surface area contributed by atoms with Gasteiger partial charge >= 0.3 is 0 Å². The lowest BCUT2D eigenvalue weighted by atomic mass is 10.1. The number of nitrogens with zero attached hydrogens (tertiary/aromatic N) is 1. The Morgan fingerprint density at radius 2 is 2.18 bits per heavy atom. The third-order valence-corrected chi connectivity index (χ3v) is 2.85. The van der Waals surface area contributed by atoms with Crippen LogP contribution in [0.3, 0.4) is 0 Å². The molecule has 4 nitrogen and oxygen atoms in total. The van der Waals surface area contributed by atoms with Crippen LogP contribution in [0, 0.1) is 0 Å². The molecule has 1 saturated heterocycles. The Kier molecular flexibility index (Phi) is 2.66. The summed E-state index contributed by atoms with van der Waals surface area (Å²) < 4.78 is 10.9. The molecule has 1 aliphatic heterocycles. The first-order chi connectivity index (χ1) is 8.36. The number of hydrogen-bond acceptors (Lipinski definition) is 4. The van der Waals surface area contributed by atoms with Crippen molar-refractivity contribution in [3.63, 3.8) is 0 Å². The number of benzene rings is 1. The summed E-state index contributed by atoms with van der Waals surface area (Å²) in [6.45, 7) is 1.70.